The van der Waals surface area contributed by atoms with Gasteiger partial charge in [0.2, 0.25) is 0 Å². The van der Waals surface area contributed by atoms with E-state index >= 15 is 0 Å². The maximum Gasteiger partial charge on any atom is 0.261 e. The van der Waals surface area contributed by atoms with Gasteiger partial charge in [0.1, 0.15) is 5.75 Å². The van der Waals surface area contributed by atoms with Gasteiger partial charge in [-0.05, 0) is 97.4 Å². The number of aryl methyl sites for hydroxylation is 2. The number of carbonyl (C=O) groups excluding carboxylic acids is 1. The monoisotopic (exact) mass is 637 g/mol. The molecular formula is C30H28BrN3O4S2. The van der Waals surface area contributed by atoms with Crippen LogP contribution in [0, 0.1) is 13.8 Å². The highest BCUT2D eigenvalue weighted by atomic mass is 79.9. The fraction of sp³-hybridized carbons (Fsp3) is 0.133. The van der Waals surface area contributed by atoms with Gasteiger partial charge in [-0.2, -0.15) is 0 Å². The summed E-state index contributed by atoms with van der Waals surface area (Å²) in [5.74, 6) is -0.00403. The maximum absolute atomic E-state index is 13.0. The molecule has 1 amide bonds. The normalized spacial score (nSPS) is 11.0. The molecule has 0 heterocycles. The zero-order chi connectivity index (χ0) is 28.7. The van der Waals surface area contributed by atoms with Crippen molar-refractivity contribution in [2.24, 2.45) is 0 Å². The van der Waals surface area contributed by atoms with Crippen LogP contribution in [0.25, 0.3) is 0 Å². The third kappa shape index (κ3) is 8.14. The highest BCUT2D eigenvalue weighted by Gasteiger charge is 2.17. The van der Waals surface area contributed by atoms with Crippen LogP contribution in [-0.2, 0) is 16.4 Å². The first-order valence-electron chi connectivity index (χ1n) is 12.4. The van der Waals surface area contributed by atoms with E-state index in [0.717, 1.165) is 21.2 Å². The number of anilines is 2. The van der Waals surface area contributed by atoms with Gasteiger partial charge in [-0.15, -0.1) is 0 Å². The largest absolute Gasteiger partial charge is 0.492 e. The molecule has 4 aromatic rings. The Labute approximate surface area is 248 Å². The molecular weight excluding hydrogens is 610 g/mol. The highest BCUT2D eigenvalue weighted by Crippen LogP contribution is 2.24. The lowest BCUT2D eigenvalue weighted by molar-refractivity contribution is 0.0973. The van der Waals surface area contributed by atoms with Crippen molar-refractivity contribution in [2.75, 3.05) is 16.6 Å². The van der Waals surface area contributed by atoms with Gasteiger partial charge in [0.05, 0.1) is 17.1 Å². The van der Waals surface area contributed by atoms with Gasteiger partial charge in [0, 0.05) is 22.3 Å². The lowest BCUT2D eigenvalue weighted by Crippen LogP contribution is -2.34. The summed E-state index contributed by atoms with van der Waals surface area (Å²) < 4.78 is 34.9. The number of ether oxygens (including phenoxy) is 1. The SMILES string of the molecule is Cc1cc(C)cc(NS(=O)(=O)c2ccc(NC(=S)NC(=O)c3cc(Br)ccc3OCCc3ccccc3)cc2)c1. The quantitative estimate of drug-likeness (QED) is 0.179. The van der Waals surface area contributed by atoms with Crippen molar-refractivity contribution in [1.29, 1.82) is 0 Å². The summed E-state index contributed by atoms with van der Waals surface area (Å²) in [6.45, 7) is 4.22. The first-order valence-corrected chi connectivity index (χ1v) is 15.1. The van der Waals surface area contributed by atoms with Crippen LogP contribution in [0.1, 0.15) is 27.0 Å². The van der Waals surface area contributed by atoms with Crippen LogP contribution in [-0.4, -0.2) is 26.0 Å². The molecule has 0 radical (unpaired) electrons. The number of nitrogens with one attached hydrogen (secondary N) is 3. The summed E-state index contributed by atoms with van der Waals surface area (Å²) in [5, 5.41) is 5.63. The molecule has 0 atom stereocenters. The van der Waals surface area contributed by atoms with E-state index in [1.165, 1.54) is 12.1 Å². The number of rotatable bonds is 9. The predicted molar refractivity (Wildman–Crippen MR) is 167 cm³/mol. The number of hydrogen-bond donors (Lipinski definition) is 3. The molecule has 7 nitrogen and oxygen atoms in total. The number of thiocarbonyl (C=S) groups is 1. The summed E-state index contributed by atoms with van der Waals surface area (Å²) in [6.07, 6.45) is 0.698. The van der Waals surface area contributed by atoms with Crippen LogP contribution in [0.2, 0.25) is 0 Å². The average molecular weight is 639 g/mol. The molecule has 0 saturated heterocycles. The van der Waals surface area contributed by atoms with Crippen molar-refractivity contribution >= 4 is 60.6 Å². The molecule has 206 valence electrons. The fourth-order valence-corrected chi connectivity index (χ4v) is 5.64. The Morgan fingerprint density at radius 1 is 0.875 bits per heavy atom. The summed E-state index contributed by atoms with van der Waals surface area (Å²) in [6, 6.07) is 26.7. The Kier molecular flexibility index (Phi) is 9.57. The number of carbonyl (C=O) groups is 1. The number of sulfonamides is 1. The van der Waals surface area contributed by atoms with Crippen molar-refractivity contribution in [1.82, 2.24) is 5.32 Å². The second-order valence-electron chi connectivity index (χ2n) is 9.14. The molecule has 4 rings (SSSR count). The summed E-state index contributed by atoms with van der Waals surface area (Å²) in [5.41, 5.74) is 4.40. The Bertz CT molecular complexity index is 1610. The average Bonchev–Trinajstić information content (AvgIpc) is 2.89. The molecule has 0 unspecified atom stereocenters. The van der Waals surface area contributed by atoms with E-state index in [4.69, 9.17) is 17.0 Å². The van der Waals surface area contributed by atoms with Gasteiger partial charge in [0.25, 0.3) is 15.9 Å². The molecule has 0 aliphatic carbocycles. The van der Waals surface area contributed by atoms with Crippen molar-refractivity contribution < 1.29 is 17.9 Å². The minimum absolute atomic E-state index is 0.0594. The number of halogens is 1. The molecule has 3 N–H and O–H groups in total. The Morgan fingerprint density at radius 3 is 2.23 bits per heavy atom. The number of hydrogen-bond acceptors (Lipinski definition) is 5. The number of amides is 1. The lowest BCUT2D eigenvalue weighted by atomic mass is 10.1. The minimum Gasteiger partial charge on any atom is -0.492 e. The van der Waals surface area contributed by atoms with Crippen LogP contribution < -0.4 is 20.1 Å². The topological polar surface area (TPSA) is 96.5 Å². The smallest absolute Gasteiger partial charge is 0.261 e. The zero-order valence-corrected chi connectivity index (χ0v) is 25.1. The van der Waals surface area contributed by atoms with E-state index in [1.807, 2.05) is 50.2 Å². The van der Waals surface area contributed by atoms with E-state index in [9.17, 15) is 13.2 Å². The van der Waals surface area contributed by atoms with Crippen LogP contribution in [0.3, 0.4) is 0 Å². The van der Waals surface area contributed by atoms with E-state index in [1.54, 1.807) is 42.5 Å². The van der Waals surface area contributed by atoms with E-state index < -0.39 is 15.9 Å². The number of benzene rings is 4. The molecule has 0 aromatic heterocycles. The molecule has 0 bridgehead atoms. The lowest BCUT2D eigenvalue weighted by Gasteiger charge is -2.14. The van der Waals surface area contributed by atoms with E-state index in [-0.39, 0.29) is 10.0 Å². The Balaban J connectivity index is 1.37. The zero-order valence-electron chi connectivity index (χ0n) is 21.9. The summed E-state index contributed by atoms with van der Waals surface area (Å²) in [4.78, 5) is 13.1. The van der Waals surface area contributed by atoms with Crippen molar-refractivity contribution in [2.45, 2.75) is 25.2 Å². The van der Waals surface area contributed by atoms with Gasteiger partial charge in [-0.25, -0.2) is 8.42 Å². The second-order valence-corrected chi connectivity index (χ2v) is 12.1. The first kappa shape index (κ1) is 29.3. The minimum atomic E-state index is -3.78. The van der Waals surface area contributed by atoms with E-state index in [2.05, 4.69) is 31.3 Å². The highest BCUT2D eigenvalue weighted by molar-refractivity contribution is 9.10. The summed E-state index contributed by atoms with van der Waals surface area (Å²) >= 11 is 8.73. The van der Waals surface area contributed by atoms with E-state index in [0.29, 0.717) is 35.7 Å². The molecule has 0 aliphatic heterocycles. The third-order valence-corrected chi connectivity index (χ3v) is 7.90. The van der Waals surface area contributed by atoms with Gasteiger partial charge in [0.15, 0.2) is 5.11 Å². The molecule has 4 aromatic carbocycles. The van der Waals surface area contributed by atoms with Crippen LogP contribution in [0.15, 0.2) is 100 Å². The fourth-order valence-electron chi connectivity index (χ4n) is 4.03. The standard InChI is InChI=1S/C30H28BrN3O4S2/c1-20-16-21(2)18-25(17-20)34-40(36,37)26-11-9-24(10-12-26)32-30(39)33-29(35)27-19-23(31)8-13-28(27)38-15-14-22-6-4-3-5-7-22/h3-13,16-19,34H,14-15H2,1-2H3,(H2,32,33,35,39). The van der Waals surface area contributed by atoms with Gasteiger partial charge in [-0.1, -0.05) is 52.3 Å². The van der Waals surface area contributed by atoms with Crippen molar-refractivity contribution in [3.63, 3.8) is 0 Å². The first-order chi connectivity index (χ1) is 19.1. The van der Waals surface area contributed by atoms with Crippen LogP contribution >= 0.6 is 28.1 Å². The molecule has 0 saturated carbocycles. The third-order valence-electron chi connectivity index (χ3n) is 5.80. The molecule has 40 heavy (non-hydrogen) atoms. The Morgan fingerprint density at radius 2 is 1.55 bits per heavy atom. The van der Waals surface area contributed by atoms with Crippen molar-refractivity contribution in [3.05, 3.63) is 118 Å². The molecule has 0 aliphatic rings. The van der Waals surface area contributed by atoms with Crippen LogP contribution in [0.5, 0.6) is 5.75 Å². The molecule has 0 spiro atoms. The maximum atomic E-state index is 13.0. The van der Waals surface area contributed by atoms with Crippen LogP contribution in [0.4, 0.5) is 11.4 Å². The van der Waals surface area contributed by atoms with Crippen molar-refractivity contribution in [3.8, 4) is 5.75 Å². The van der Waals surface area contributed by atoms with Gasteiger partial charge < -0.3 is 10.1 Å². The van der Waals surface area contributed by atoms with Gasteiger partial charge >= 0.3 is 0 Å². The molecule has 0 fully saturated rings. The second kappa shape index (κ2) is 13.1. The Hall–Kier alpha value is -3.73. The predicted octanol–water partition coefficient (Wildman–Crippen LogP) is 6.62. The summed E-state index contributed by atoms with van der Waals surface area (Å²) in [7, 11) is -3.78. The van der Waals surface area contributed by atoms with Gasteiger partial charge in [-0.3, -0.25) is 14.8 Å². The molecule has 10 heteroatoms.